The highest BCUT2D eigenvalue weighted by molar-refractivity contribution is 9.12. The van der Waals surface area contributed by atoms with E-state index in [0.717, 1.165) is 11.1 Å². The van der Waals surface area contributed by atoms with Crippen LogP contribution in [0.2, 0.25) is 5.02 Å². The van der Waals surface area contributed by atoms with Crippen LogP contribution in [0.3, 0.4) is 0 Å². The van der Waals surface area contributed by atoms with Crippen molar-refractivity contribution in [1.29, 1.82) is 0 Å². The van der Waals surface area contributed by atoms with Crippen LogP contribution in [-0.2, 0) is 0 Å². The molecule has 3 rings (SSSR count). The number of alkyl halides is 2. The second kappa shape index (κ2) is 6.94. The summed E-state index contributed by atoms with van der Waals surface area (Å²) in [6.45, 7) is 0. The summed E-state index contributed by atoms with van der Waals surface area (Å²) in [6, 6.07) is 17.4. The Bertz CT molecular complexity index is 746. The van der Waals surface area contributed by atoms with E-state index in [1.165, 1.54) is 0 Å². The van der Waals surface area contributed by atoms with Gasteiger partial charge in [0.15, 0.2) is 0 Å². The Morgan fingerprint density at radius 2 is 1.55 bits per heavy atom. The smallest absolute Gasteiger partial charge is 0.247 e. The lowest BCUT2D eigenvalue weighted by Crippen LogP contribution is -1.99. The van der Waals surface area contributed by atoms with Gasteiger partial charge in [-0.25, -0.2) is 0 Å². The molecule has 0 saturated carbocycles. The zero-order valence-corrected chi connectivity index (χ0v) is 15.2. The largest absolute Gasteiger partial charge is 0.419 e. The van der Waals surface area contributed by atoms with Crippen LogP contribution < -0.4 is 0 Å². The first-order valence-corrected chi connectivity index (χ1v) is 8.78. The highest BCUT2D eigenvalue weighted by atomic mass is 79.9. The topological polar surface area (TPSA) is 38.9 Å². The van der Waals surface area contributed by atoms with E-state index in [9.17, 15) is 0 Å². The molecule has 112 valence electrons. The minimum absolute atomic E-state index is 0.0345. The van der Waals surface area contributed by atoms with Gasteiger partial charge in [-0.05, 0) is 29.8 Å². The average molecular weight is 443 g/mol. The molecule has 1 aromatic heterocycles. The van der Waals surface area contributed by atoms with Gasteiger partial charge in [-0.1, -0.05) is 73.8 Å². The molecule has 6 heteroatoms. The first kappa shape index (κ1) is 15.7. The van der Waals surface area contributed by atoms with Gasteiger partial charge in [0, 0.05) is 10.6 Å². The lowest BCUT2D eigenvalue weighted by molar-refractivity contribution is 0.502. The molecule has 0 aliphatic rings. The standard InChI is InChI=1S/C16H11Br2ClN2O/c17-13(10-4-2-1-3-5-10)14(18)16-21-20-15(22-16)11-6-8-12(19)9-7-11/h1-9,13-14H/t13-,14+/m0/s1. The summed E-state index contributed by atoms with van der Waals surface area (Å²) in [5, 5.41) is 8.91. The van der Waals surface area contributed by atoms with E-state index in [4.69, 9.17) is 16.0 Å². The van der Waals surface area contributed by atoms with Gasteiger partial charge in [-0.15, -0.1) is 10.2 Å². The van der Waals surface area contributed by atoms with Gasteiger partial charge >= 0.3 is 0 Å². The molecule has 2 aromatic carbocycles. The minimum atomic E-state index is -0.122. The predicted octanol–water partition coefficient (Wildman–Crippen LogP) is 5.96. The highest BCUT2D eigenvalue weighted by Gasteiger charge is 2.25. The van der Waals surface area contributed by atoms with Gasteiger partial charge in [0.1, 0.15) is 4.83 Å². The molecule has 0 aliphatic carbocycles. The fourth-order valence-electron chi connectivity index (χ4n) is 1.99. The van der Waals surface area contributed by atoms with Crippen molar-refractivity contribution in [3.05, 3.63) is 71.1 Å². The number of rotatable bonds is 4. The maximum Gasteiger partial charge on any atom is 0.247 e. The molecule has 0 bridgehead atoms. The molecule has 0 aliphatic heterocycles. The van der Waals surface area contributed by atoms with Crippen LogP contribution in [-0.4, -0.2) is 10.2 Å². The molecule has 0 N–H and O–H groups in total. The summed E-state index contributed by atoms with van der Waals surface area (Å²) in [5.41, 5.74) is 1.98. The highest BCUT2D eigenvalue weighted by Crippen LogP contribution is 2.42. The molecule has 0 fully saturated rings. The molecular formula is C16H11Br2ClN2O. The number of hydrogen-bond acceptors (Lipinski definition) is 3. The zero-order chi connectivity index (χ0) is 15.5. The van der Waals surface area contributed by atoms with Crippen molar-refractivity contribution in [2.75, 3.05) is 0 Å². The lowest BCUT2D eigenvalue weighted by atomic mass is 10.1. The number of benzene rings is 2. The van der Waals surface area contributed by atoms with Crippen molar-refractivity contribution in [3.8, 4) is 11.5 Å². The fourth-order valence-corrected chi connectivity index (χ4v) is 3.13. The van der Waals surface area contributed by atoms with Crippen LogP contribution in [0.5, 0.6) is 0 Å². The molecule has 0 saturated heterocycles. The summed E-state index contributed by atoms with van der Waals surface area (Å²) in [6.07, 6.45) is 0. The first-order chi connectivity index (χ1) is 10.6. The van der Waals surface area contributed by atoms with Crippen LogP contribution in [0, 0.1) is 0 Å². The minimum Gasteiger partial charge on any atom is -0.419 e. The third-order valence-corrected chi connectivity index (χ3v) is 6.08. The fraction of sp³-hybridized carbons (Fsp3) is 0.125. The van der Waals surface area contributed by atoms with Crippen LogP contribution >= 0.6 is 43.5 Å². The average Bonchev–Trinajstić information content (AvgIpc) is 3.05. The SMILES string of the molecule is Clc1ccc(-c2nnc([C@H](Br)[C@@H](Br)c3ccccc3)o2)cc1. The predicted molar refractivity (Wildman–Crippen MR) is 94.5 cm³/mol. The Morgan fingerprint density at radius 1 is 0.864 bits per heavy atom. The van der Waals surface area contributed by atoms with Crippen LogP contribution in [0.4, 0.5) is 0 Å². The van der Waals surface area contributed by atoms with E-state index in [1.807, 2.05) is 42.5 Å². The summed E-state index contributed by atoms with van der Waals surface area (Å²) in [5.74, 6) is 1.000. The van der Waals surface area contributed by atoms with Crippen molar-refractivity contribution < 1.29 is 4.42 Å². The second-order valence-corrected chi connectivity index (χ2v) is 7.08. The molecule has 0 radical (unpaired) electrons. The summed E-state index contributed by atoms with van der Waals surface area (Å²) >= 11 is 13.2. The third kappa shape index (κ3) is 3.42. The summed E-state index contributed by atoms with van der Waals surface area (Å²) in [4.78, 5) is -0.0873. The maximum absolute atomic E-state index is 5.88. The Balaban J connectivity index is 1.82. The molecule has 3 aromatic rings. The van der Waals surface area contributed by atoms with E-state index in [0.29, 0.717) is 16.8 Å². The Kier molecular flexibility index (Phi) is 4.96. The number of aromatic nitrogens is 2. The van der Waals surface area contributed by atoms with Gasteiger partial charge in [0.2, 0.25) is 11.8 Å². The summed E-state index contributed by atoms with van der Waals surface area (Å²) in [7, 11) is 0. The molecule has 22 heavy (non-hydrogen) atoms. The molecule has 0 amide bonds. The molecule has 0 spiro atoms. The summed E-state index contributed by atoms with van der Waals surface area (Å²) < 4.78 is 5.77. The van der Waals surface area contributed by atoms with Gasteiger partial charge in [-0.2, -0.15) is 0 Å². The van der Waals surface area contributed by atoms with E-state index in [2.05, 4.69) is 42.1 Å². The molecule has 0 unspecified atom stereocenters. The van der Waals surface area contributed by atoms with Crippen LogP contribution in [0.15, 0.2) is 59.0 Å². The van der Waals surface area contributed by atoms with E-state index >= 15 is 0 Å². The maximum atomic E-state index is 5.88. The Morgan fingerprint density at radius 3 is 2.23 bits per heavy atom. The Labute approximate surface area is 150 Å². The molecule has 3 nitrogen and oxygen atoms in total. The van der Waals surface area contributed by atoms with Crippen LogP contribution in [0.1, 0.15) is 21.1 Å². The third-order valence-electron chi connectivity index (χ3n) is 3.14. The zero-order valence-electron chi connectivity index (χ0n) is 11.3. The van der Waals surface area contributed by atoms with Crippen molar-refractivity contribution in [2.24, 2.45) is 0 Å². The quantitative estimate of drug-likeness (QED) is 0.468. The van der Waals surface area contributed by atoms with Crippen molar-refractivity contribution in [1.82, 2.24) is 10.2 Å². The number of nitrogens with zero attached hydrogens (tertiary/aromatic N) is 2. The second-order valence-electron chi connectivity index (χ2n) is 4.67. The van der Waals surface area contributed by atoms with Gasteiger partial charge < -0.3 is 4.42 Å². The van der Waals surface area contributed by atoms with Crippen molar-refractivity contribution in [2.45, 2.75) is 9.65 Å². The van der Waals surface area contributed by atoms with Crippen molar-refractivity contribution >= 4 is 43.5 Å². The lowest BCUT2D eigenvalue weighted by Gasteiger charge is -2.13. The number of halogens is 3. The van der Waals surface area contributed by atoms with Crippen LogP contribution in [0.25, 0.3) is 11.5 Å². The molecule has 1 heterocycles. The van der Waals surface area contributed by atoms with E-state index in [-0.39, 0.29) is 9.65 Å². The molecular weight excluding hydrogens is 431 g/mol. The monoisotopic (exact) mass is 440 g/mol. The van der Waals surface area contributed by atoms with Gasteiger partial charge in [0.05, 0.1) is 4.83 Å². The molecule has 2 atom stereocenters. The first-order valence-electron chi connectivity index (χ1n) is 6.57. The Hall–Kier alpha value is -1.17. The van der Waals surface area contributed by atoms with E-state index < -0.39 is 0 Å². The van der Waals surface area contributed by atoms with Gasteiger partial charge in [-0.3, -0.25) is 0 Å². The normalized spacial score (nSPS) is 13.8. The number of hydrogen-bond donors (Lipinski definition) is 0. The van der Waals surface area contributed by atoms with E-state index in [1.54, 1.807) is 12.1 Å². The van der Waals surface area contributed by atoms with Gasteiger partial charge in [0.25, 0.3) is 0 Å². The van der Waals surface area contributed by atoms with Crippen molar-refractivity contribution in [3.63, 3.8) is 0 Å².